The second kappa shape index (κ2) is 5.38. The van der Waals surface area contributed by atoms with E-state index < -0.39 is 26.8 Å². The molecule has 0 aliphatic carbocycles. The van der Waals surface area contributed by atoms with Gasteiger partial charge in [0.2, 0.25) is 10.0 Å². The molecule has 0 radical (unpaired) electrons. The molecule has 1 rings (SSSR count). The Kier molecular flexibility index (Phi) is 4.33. The first-order valence-corrected chi connectivity index (χ1v) is 6.77. The summed E-state index contributed by atoms with van der Waals surface area (Å²) >= 11 is 0. The molecule has 4 nitrogen and oxygen atoms in total. The van der Waals surface area contributed by atoms with Crippen molar-refractivity contribution < 1.29 is 12.8 Å². The lowest BCUT2D eigenvalue weighted by Gasteiger charge is -2.13. The zero-order chi connectivity index (χ0) is 13.9. The number of nitrogens with one attached hydrogen (secondary N) is 1. The van der Waals surface area contributed by atoms with Crippen molar-refractivity contribution in [1.82, 2.24) is 4.72 Å². The number of nitrogens with two attached hydrogens (primary N) is 1. The van der Waals surface area contributed by atoms with Crippen LogP contribution in [0.25, 0.3) is 0 Å². The van der Waals surface area contributed by atoms with Gasteiger partial charge in [-0.15, -0.1) is 12.3 Å². The molecule has 98 valence electrons. The number of anilines is 1. The first-order valence-electron chi connectivity index (χ1n) is 5.29. The van der Waals surface area contributed by atoms with E-state index >= 15 is 0 Å². The van der Waals surface area contributed by atoms with Crippen LogP contribution in [0.4, 0.5) is 10.1 Å². The maximum absolute atomic E-state index is 13.8. The van der Waals surface area contributed by atoms with Crippen LogP contribution >= 0.6 is 0 Å². The number of terminal acetylenes is 1. The van der Waals surface area contributed by atoms with Crippen LogP contribution < -0.4 is 10.5 Å². The zero-order valence-corrected chi connectivity index (χ0v) is 11.0. The molecule has 0 fully saturated rings. The molecule has 0 saturated carbocycles. The van der Waals surface area contributed by atoms with Gasteiger partial charge in [0.15, 0.2) is 0 Å². The summed E-state index contributed by atoms with van der Waals surface area (Å²) < 4.78 is 40.0. The van der Waals surface area contributed by atoms with E-state index in [2.05, 4.69) is 10.6 Å². The summed E-state index contributed by atoms with van der Waals surface area (Å²) in [5, 5.41) is 0. The van der Waals surface area contributed by atoms with Gasteiger partial charge < -0.3 is 5.73 Å². The smallest absolute Gasteiger partial charge is 0.243 e. The summed E-state index contributed by atoms with van der Waals surface area (Å²) in [5.74, 6) is 1.53. The highest BCUT2D eigenvalue weighted by Gasteiger charge is 2.22. The number of nitrogen functional groups attached to an aromatic ring is 1. The average molecular weight is 270 g/mol. The van der Waals surface area contributed by atoms with Crippen LogP contribution in [-0.2, 0) is 10.0 Å². The number of aryl methyl sites for hydroxylation is 1. The van der Waals surface area contributed by atoms with Gasteiger partial charge in [0.1, 0.15) is 10.7 Å². The van der Waals surface area contributed by atoms with Crippen molar-refractivity contribution in [2.24, 2.45) is 0 Å². The third-order valence-corrected chi connectivity index (χ3v) is 3.90. The van der Waals surface area contributed by atoms with Crippen molar-refractivity contribution >= 4 is 15.7 Å². The van der Waals surface area contributed by atoms with Crippen molar-refractivity contribution in [1.29, 1.82) is 0 Å². The predicted molar refractivity (Wildman–Crippen MR) is 68.8 cm³/mol. The lowest BCUT2D eigenvalue weighted by molar-refractivity contribution is 0.542. The predicted octanol–water partition coefficient (Wildman–Crippen LogP) is 1.41. The van der Waals surface area contributed by atoms with Crippen LogP contribution in [0.2, 0.25) is 0 Å². The molecule has 1 aromatic carbocycles. The second-order valence-electron chi connectivity index (χ2n) is 4.08. The molecule has 1 aromatic rings. The van der Waals surface area contributed by atoms with Gasteiger partial charge in [0.25, 0.3) is 0 Å². The highest BCUT2D eigenvalue weighted by Crippen LogP contribution is 2.21. The maximum atomic E-state index is 13.8. The number of halogens is 1. The van der Waals surface area contributed by atoms with Crippen molar-refractivity contribution in [3.05, 3.63) is 23.5 Å². The first kappa shape index (κ1) is 14.5. The zero-order valence-electron chi connectivity index (χ0n) is 10.2. The molecule has 0 bridgehead atoms. The topological polar surface area (TPSA) is 72.2 Å². The van der Waals surface area contributed by atoms with Gasteiger partial charge in [0, 0.05) is 18.2 Å². The van der Waals surface area contributed by atoms with Crippen molar-refractivity contribution in [2.75, 3.05) is 5.73 Å². The number of sulfonamides is 1. The highest BCUT2D eigenvalue weighted by molar-refractivity contribution is 7.89. The van der Waals surface area contributed by atoms with E-state index in [9.17, 15) is 12.8 Å². The minimum Gasteiger partial charge on any atom is -0.399 e. The summed E-state index contributed by atoms with van der Waals surface area (Å²) in [6.07, 6.45) is 5.31. The molecular weight excluding hydrogens is 255 g/mol. The fourth-order valence-corrected chi connectivity index (χ4v) is 2.93. The lowest BCUT2D eigenvalue weighted by Crippen LogP contribution is -2.33. The van der Waals surface area contributed by atoms with E-state index in [0.717, 1.165) is 6.07 Å². The molecule has 0 spiro atoms. The number of benzene rings is 1. The molecule has 0 heterocycles. The molecule has 6 heteroatoms. The third-order valence-electron chi connectivity index (χ3n) is 2.31. The SMILES string of the molecule is C#CCC(C)NS(=O)(=O)c1cc(N)cc(C)c1F. The minimum atomic E-state index is -3.96. The molecule has 0 aliphatic rings. The largest absolute Gasteiger partial charge is 0.399 e. The van der Waals surface area contributed by atoms with Crippen LogP contribution in [0.5, 0.6) is 0 Å². The molecular formula is C12H15FN2O2S. The van der Waals surface area contributed by atoms with Gasteiger partial charge in [-0.1, -0.05) is 0 Å². The van der Waals surface area contributed by atoms with E-state index in [1.165, 1.54) is 13.0 Å². The summed E-state index contributed by atoms with van der Waals surface area (Å²) in [5.41, 5.74) is 5.90. The van der Waals surface area contributed by atoms with Gasteiger partial charge in [-0.05, 0) is 31.5 Å². The Balaban J connectivity index is 3.18. The summed E-state index contributed by atoms with van der Waals surface area (Å²) in [7, 11) is -3.96. The quantitative estimate of drug-likeness (QED) is 0.642. The van der Waals surface area contributed by atoms with Gasteiger partial charge in [-0.2, -0.15) is 0 Å². The third kappa shape index (κ3) is 3.22. The normalized spacial score (nSPS) is 13.0. The van der Waals surface area contributed by atoms with Gasteiger partial charge in [-0.25, -0.2) is 17.5 Å². The van der Waals surface area contributed by atoms with Gasteiger partial charge in [-0.3, -0.25) is 0 Å². The van der Waals surface area contributed by atoms with E-state index in [0.29, 0.717) is 0 Å². The second-order valence-corrected chi connectivity index (χ2v) is 5.76. The molecule has 3 N–H and O–H groups in total. The van der Waals surface area contributed by atoms with Crippen LogP contribution in [0.15, 0.2) is 17.0 Å². The Bertz CT molecular complexity index is 591. The average Bonchev–Trinajstić information content (AvgIpc) is 2.22. The Morgan fingerprint density at radius 2 is 2.17 bits per heavy atom. The molecule has 1 unspecified atom stereocenters. The Hall–Kier alpha value is -1.58. The molecule has 0 amide bonds. The maximum Gasteiger partial charge on any atom is 0.243 e. The van der Waals surface area contributed by atoms with Crippen molar-refractivity contribution in [3.63, 3.8) is 0 Å². The Morgan fingerprint density at radius 1 is 1.56 bits per heavy atom. The molecule has 0 aliphatic heterocycles. The molecule has 0 aromatic heterocycles. The van der Waals surface area contributed by atoms with Crippen molar-refractivity contribution in [2.45, 2.75) is 31.2 Å². The van der Waals surface area contributed by atoms with Gasteiger partial charge in [0.05, 0.1) is 0 Å². The van der Waals surface area contributed by atoms with Crippen LogP contribution in [0.1, 0.15) is 18.9 Å². The number of hydrogen-bond donors (Lipinski definition) is 2. The summed E-state index contributed by atoms with van der Waals surface area (Å²) in [4.78, 5) is -0.455. The fourth-order valence-electron chi connectivity index (χ4n) is 1.51. The summed E-state index contributed by atoms with van der Waals surface area (Å²) in [6, 6.07) is 1.99. The van der Waals surface area contributed by atoms with Gasteiger partial charge >= 0.3 is 0 Å². The fraction of sp³-hybridized carbons (Fsp3) is 0.333. The van der Waals surface area contributed by atoms with Crippen LogP contribution in [-0.4, -0.2) is 14.5 Å². The van der Waals surface area contributed by atoms with Crippen LogP contribution in [0.3, 0.4) is 0 Å². The minimum absolute atomic E-state index is 0.181. The van der Waals surface area contributed by atoms with E-state index in [4.69, 9.17) is 12.2 Å². The molecule has 0 saturated heterocycles. The number of rotatable bonds is 4. The Labute approximate surface area is 106 Å². The van der Waals surface area contributed by atoms with E-state index in [1.807, 2.05) is 0 Å². The van der Waals surface area contributed by atoms with Crippen LogP contribution in [0, 0.1) is 25.1 Å². The monoisotopic (exact) mass is 270 g/mol. The lowest BCUT2D eigenvalue weighted by atomic mass is 10.2. The Morgan fingerprint density at radius 3 is 2.72 bits per heavy atom. The van der Waals surface area contributed by atoms with E-state index in [-0.39, 0.29) is 17.7 Å². The molecule has 18 heavy (non-hydrogen) atoms. The summed E-state index contributed by atoms with van der Waals surface area (Å²) in [6.45, 7) is 3.06. The first-order chi connectivity index (χ1) is 8.27. The molecule has 1 atom stereocenters. The standard InChI is InChI=1S/C12H15FN2O2S/c1-4-5-9(3)15-18(16,17)11-7-10(14)6-8(2)12(11)13/h1,6-7,9,15H,5,14H2,2-3H3. The highest BCUT2D eigenvalue weighted by atomic mass is 32.2. The number of hydrogen-bond acceptors (Lipinski definition) is 3. The van der Waals surface area contributed by atoms with Crippen molar-refractivity contribution in [3.8, 4) is 12.3 Å². The van der Waals surface area contributed by atoms with E-state index in [1.54, 1.807) is 6.92 Å².